The number of hydrogen-bond donors (Lipinski definition) is 1. The Morgan fingerprint density at radius 1 is 1.24 bits per heavy atom. The summed E-state index contributed by atoms with van der Waals surface area (Å²) in [6.07, 6.45) is 0. The Hall–Kier alpha value is -2.47. The third-order valence-electron chi connectivity index (χ3n) is 3.92. The summed E-state index contributed by atoms with van der Waals surface area (Å²) in [6, 6.07) is 7.45. The van der Waals surface area contributed by atoms with E-state index in [9.17, 15) is 4.79 Å². The van der Waals surface area contributed by atoms with Crippen LogP contribution in [-0.2, 0) is 14.3 Å². The van der Waals surface area contributed by atoms with E-state index in [-0.39, 0.29) is 29.1 Å². The molecule has 0 aromatic heterocycles. The molecule has 7 heteroatoms. The normalized spacial score (nSPS) is 20.0. The van der Waals surface area contributed by atoms with Crippen LogP contribution < -0.4 is 10.5 Å². The number of nitrogens with zero attached hydrogens (tertiary/aromatic N) is 1. The zero-order valence-electron chi connectivity index (χ0n) is 14.0. The second kappa shape index (κ2) is 7.19. The lowest BCUT2D eigenvalue weighted by Crippen LogP contribution is -2.31. The number of ether oxygens (including phenoxy) is 3. The van der Waals surface area contributed by atoms with E-state index in [1.165, 1.54) is 0 Å². The number of nitrogens with two attached hydrogens (primary N) is 1. The molecule has 0 saturated heterocycles. The van der Waals surface area contributed by atoms with E-state index in [1.807, 2.05) is 38.1 Å². The van der Waals surface area contributed by atoms with Gasteiger partial charge in [-0.15, -0.1) is 0 Å². The van der Waals surface area contributed by atoms with Gasteiger partial charge in [0.25, 0.3) is 0 Å². The van der Waals surface area contributed by atoms with E-state index in [1.54, 1.807) is 0 Å². The molecular weight excluding hydrogens is 344 g/mol. The minimum Gasteiger partial charge on any atom is -0.494 e. The van der Waals surface area contributed by atoms with Gasteiger partial charge in [-0.05, 0) is 31.5 Å². The molecule has 1 aromatic carbocycles. The summed E-state index contributed by atoms with van der Waals surface area (Å²) in [5, 5.41) is 0.143. The maximum atomic E-state index is 12.5. The molecule has 0 fully saturated rings. The van der Waals surface area contributed by atoms with Crippen LogP contribution in [-0.4, -0.2) is 30.7 Å². The molecule has 1 unspecified atom stereocenters. The number of benzene rings is 1. The third kappa shape index (κ3) is 3.22. The first-order valence-corrected chi connectivity index (χ1v) is 8.45. The quantitative estimate of drug-likeness (QED) is 0.870. The van der Waals surface area contributed by atoms with Crippen molar-refractivity contribution in [2.45, 2.75) is 19.8 Å². The van der Waals surface area contributed by atoms with Crippen LogP contribution in [0.2, 0.25) is 0 Å². The Bertz CT molecular complexity index is 781. The Balaban J connectivity index is 2.10. The maximum absolute atomic E-state index is 12.5. The Kier molecular flexibility index (Phi) is 4.99. The number of carbonyl (C=O) groups is 1. The molecule has 2 aliphatic rings. The highest BCUT2D eigenvalue weighted by Crippen LogP contribution is 2.42. The molecule has 132 valence electrons. The van der Waals surface area contributed by atoms with Gasteiger partial charge in [-0.2, -0.15) is 0 Å². The third-order valence-corrected chi connectivity index (χ3v) is 4.22. The lowest BCUT2D eigenvalue weighted by molar-refractivity contribution is -0.115. The van der Waals surface area contributed by atoms with Crippen LogP contribution in [0.4, 0.5) is 0 Å². The molecule has 2 aliphatic heterocycles. The molecule has 0 radical (unpaired) electrons. The van der Waals surface area contributed by atoms with Crippen LogP contribution in [0.5, 0.6) is 5.75 Å². The molecule has 2 heterocycles. The van der Waals surface area contributed by atoms with E-state index >= 15 is 0 Å². The average molecular weight is 363 g/mol. The van der Waals surface area contributed by atoms with Crippen molar-refractivity contribution in [3.63, 3.8) is 0 Å². The van der Waals surface area contributed by atoms with Gasteiger partial charge in [0.1, 0.15) is 12.3 Å². The van der Waals surface area contributed by atoms with Crippen molar-refractivity contribution in [2.75, 3.05) is 19.8 Å². The molecule has 1 aromatic rings. The molecule has 6 nitrogen and oxygen atoms in total. The number of dihydropyridines is 1. The van der Waals surface area contributed by atoms with Gasteiger partial charge < -0.3 is 19.9 Å². The number of halogens is 1. The molecular formula is C18H19ClN2O4. The van der Waals surface area contributed by atoms with Gasteiger partial charge in [-0.25, -0.2) is 0 Å². The Morgan fingerprint density at radius 3 is 2.56 bits per heavy atom. The molecule has 25 heavy (non-hydrogen) atoms. The lowest BCUT2D eigenvalue weighted by Gasteiger charge is -2.31. The van der Waals surface area contributed by atoms with Crippen LogP contribution in [0.3, 0.4) is 0 Å². The second-order valence-corrected chi connectivity index (χ2v) is 5.83. The number of Topliss-reactive ketones (excluding diaryl/α,β-unsaturated/α-hetero) is 1. The first kappa shape index (κ1) is 17.4. The monoisotopic (exact) mass is 362 g/mol. The molecule has 0 amide bonds. The van der Waals surface area contributed by atoms with Gasteiger partial charge in [0, 0.05) is 0 Å². The lowest BCUT2D eigenvalue weighted by atomic mass is 9.84. The Labute approximate surface area is 150 Å². The fraction of sp³-hybridized carbons (Fsp3) is 0.333. The predicted octanol–water partition coefficient (Wildman–Crippen LogP) is 2.84. The van der Waals surface area contributed by atoms with Gasteiger partial charge in [0.15, 0.2) is 22.5 Å². The van der Waals surface area contributed by atoms with Crippen molar-refractivity contribution in [3.05, 3.63) is 52.8 Å². The molecule has 0 saturated carbocycles. The molecule has 0 bridgehead atoms. The summed E-state index contributed by atoms with van der Waals surface area (Å²) in [6.45, 7) is 4.71. The van der Waals surface area contributed by atoms with Gasteiger partial charge in [0.2, 0.25) is 5.88 Å². The van der Waals surface area contributed by atoms with Gasteiger partial charge in [-0.3, -0.25) is 9.79 Å². The number of hydrogen-bond acceptors (Lipinski definition) is 6. The van der Waals surface area contributed by atoms with Crippen LogP contribution >= 0.6 is 11.6 Å². The van der Waals surface area contributed by atoms with E-state index in [0.717, 1.165) is 11.3 Å². The zero-order valence-corrected chi connectivity index (χ0v) is 14.8. The van der Waals surface area contributed by atoms with E-state index in [4.69, 9.17) is 31.5 Å². The minimum absolute atomic E-state index is 0.0200. The number of ketones is 1. The van der Waals surface area contributed by atoms with Crippen LogP contribution in [0, 0.1) is 0 Å². The van der Waals surface area contributed by atoms with Gasteiger partial charge >= 0.3 is 0 Å². The van der Waals surface area contributed by atoms with Crippen molar-refractivity contribution in [1.82, 2.24) is 0 Å². The van der Waals surface area contributed by atoms with E-state index < -0.39 is 5.92 Å². The smallest absolute Gasteiger partial charge is 0.230 e. The highest BCUT2D eigenvalue weighted by Gasteiger charge is 2.40. The molecule has 2 N–H and O–H groups in total. The van der Waals surface area contributed by atoms with Crippen LogP contribution in [0.15, 0.2) is 52.2 Å². The fourth-order valence-corrected chi connectivity index (χ4v) is 3.11. The average Bonchev–Trinajstić information content (AvgIpc) is 2.60. The molecule has 3 rings (SSSR count). The summed E-state index contributed by atoms with van der Waals surface area (Å²) in [5.74, 6) is 0.793. The maximum Gasteiger partial charge on any atom is 0.230 e. The Morgan fingerprint density at radius 2 is 1.92 bits per heavy atom. The van der Waals surface area contributed by atoms with E-state index in [0.29, 0.717) is 24.5 Å². The number of carbonyl (C=O) groups excluding carboxylic acids is 1. The van der Waals surface area contributed by atoms with Gasteiger partial charge in [-0.1, -0.05) is 23.7 Å². The highest BCUT2D eigenvalue weighted by atomic mass is 35.5. The first-order valence-electron chi connectivity index (χ1n) is 8.07. The largest absolute Gasteiger partial charge is 0.494 e. The van der Waals surface area contributed by atoms with Crippen molar-refractivity contribution in [2.24, 2.45) is 10.7 Å². The minimum atomic E-state index is -0.490. The van der Waals surface area contributed by atoms with Crippen LogP contribution in [0.1, 0.15) is 25.3 Å². The second-order valence-electron chi connectivity index (χ2n) is 5.47. The van der Waals surface area contributed by atoms with Crippen molar-refractivity contribution in [1.29, 1.82) is 0 Å². The van der Waals surface area contributed by atoms with Crippen LogP contribution in [0.25, 0.3) is 0 Å². The number of aliphatic imine (C=N–C) groups is 1. The topological polar surface area (TPSA) is 83.1 Å². The predicted molar refractivity (Wildman–Crippen MR) is 94.5 cm³/mol. The SMILES string of the molecule is CCOC1=C(N)OC2=C(C(=O)CN=C2Cl)C1c1ccc(OCC)cc1. The fourth-order valence-electron chi connectivity index (χ4n) is 2.91. The summed E-state index contributed by atoms with van der Waals surface area (Å²) >= 11 is 6.14. The van der Waals surface area contributed by atoms with Crippen molar-refractivity contribution in [3.8, 4) is 5.75 Å². The number of allylic oxidation sites excluding steroid dienone is 2. The molecule has 0 aliphatic carbocycles. The summed E-state index contributed by atoms with van der Waals surface area (Å²) in [4.78, 5) is 16.5. The van der Waals surface area contributed by atoms with Crippen molar-refractivity contribution >= 4 is 22.6 Å². The van der Waals surface area contributed by atoms with Gasteiger partial charge in [0.05, 0.1) is 24.7 Å². The summed E-state index contributed by atoms with van der Waals surface area (Å²) in [7, 11) is 0. The van der Waals surface area contributed by atoms with E-state index in [2.05, 4.69) is 4.99 Å². The molecule has 1 atom stereocenters. The zero-order chi connectivity index (χ0) is 18.0. The highest BCUT2D eigenvalue weighted by molar-refractivity contribution is 6.70. The first-order chi connectivity index (χ1) is 12.1. The number of rotatable bonds is 5. The summed E-state index contributed by atoms with van der Waals surface area (Å²) in [5.41, 5.74) is 7.29. The summed E-state index contributed by atoms with van der Waals surface area (Å²) < 4.78 is 16.7. The van der Waals surface area contributed by atoms with Crippen molar-refractivity contribution < 1.29 is 19.0 Å². The molecule has 0 spiro atoms. The standard InChI is InChI=1S/C18H19ClN2O4/c1-3-23-11-7-5-10(6-8-11)13-14-12(22)9-21-17(19)15(14)25-18(20)16(13)24-4-2/h5-8,13H,3-4,9,20H2,1-2H3.